The van der Waals surface area contributed by atoms with Gasteiger partial charge >= 0.3 is 0 Å². The number of rotatable bonds is 3. The van der Waals surface area contributed by atoms with Crippen LogP contribution in [0.4, 0.5) is 13.2 Å². The van der Waals surface area contributed by atoms with Crippen LogP contribution in [-0.2, 0) is 0 Å². The first-order valence-corrected chi connectivity index (χ1v) is 7.67. The molecule has 2 aliphatic rings. The Kier molecular flexibility index (Phi) is 4.29. The van der Waals surface area contributed by atoms with Gasteiger partial charge in [-0.3, -0.25) is 9.69 Å². The van der Waals surface area contributed by atoms with E-state index in [4.69, 9.17) is 11.6 Å². The van der Waals surface area contributed by atoms with Crippen molar-refractivity contribution in [2.45, 2.75) is 24.4 Å². The average molecular weight is 349 g/mol. The maximum Gasteiger partial charge on any atom is 0.262 e. The molecule has 0 bridgehead atoms. The number of amides is 1. The van der Waals surface area contributed by atoms with Crippen molar-refractivity contribution in [2.24, 2.45) is 0 Å². The van der Waals surface area contributed by atoms with Gasteiger partial charge in [0.05, 0.1) is 18.2 Å². The van der Waals surface area contributed by atoms with Crippen molar-refractivity contribution in [3.05, 3.63) is 34.6 Å². The van der Waals surface area contributed by atoms with Crippen LogP contribution in [0.15, 0.2) is 18.2 Å². The lowest BCUT2D eigenvalue weighted by molar-refractivity contribution is -0.0125. The fraction of sp³-hybridized carbons (Fsp3) is 0.533. The number of hydrogen-bond acceptors (Lipinski definition) is 3. The van der Waals surface area contributed by atoms with E-state index in [1.54, 1.807) is 4.90 Å². The van der Waals surface area contributed by atoms with Gasteiger partial charge in [0.2, 0.25) is 0 Å². The van der Waals surface area contributed by atoms with E-state index < -0.39 is 24.3 Å². The summed E-state index contributed by atoms with van der Waals surface area (Å²) in [5, 5.41) is 9.11. The summed E-state index contributed by atoms with van der Waals surface area (Å²) in [4.78, 5) is 15.3. The Morgan fingerprint density at radius 1 is 1.39 bits per heavy atom. The molecule has 2 heterocycles. The molecule has 1 aromatic carbocycles. The molecule has 1 amide bonds. The zero-order valence-corrected chi connectivity index (χ0v) is 12.9. The largest absolute Gasteiger partial charge is 0.395 e. The molecule has 0 saturated carbocycles. The molecule has 3 rings (SSSR count). The fourth-order valence-corrected chi connectivity index (χ4v) is 3.34. The number of hydrogen-bond donors (Lipinski definition) is 1. The van der Waals surface area contributed by atoms with Crippen molar-refractivity contribution in [1.82, 2.24) is 9.80 Å². The fourth-order valence-electron chi connectivity index (χ4n) is 3.16. The molecule has 1 atom stereocenters. The quantitative estimate of drug-likeness (QED) is 0.908. The SMILES string of the molecule is O=C(c1ccc(F)c(Cl)c1)N1CC(N2CC(F)(F)C[C@H]2CO)C1. The third kappa shape index (κ3) is 3.18. The van der Waals surface area contributed by atoms with Crippen LogP contribution in [0.5, 0.6) is 0 Å². The van der Waals surface area contributed by atoms with E-state index in [1.165, 1.54) is 17.0 Å². The summed E-state index contributed by atoms with van der Waals surface area (Å²) < 4.78 is 40.1. The molecule has 0 aromatic heterocycles. The molecule has 0 aliphatic carbocycles. The Hall–Kier alpha value is -1.31. The Labute approximate surface area is 136 Å². The lowest BCUT2D eigenvalue weighted by atomic mass is 10.0. The Balaban J connectivity index is 1.62. The number of aliphatic hydroxyl groups excluding tert-OH is 1. The molecule has 8 heteroatoms. The average Bonchev–Trinajstić information content (AvgIpc) is 2.75. The van der Waals surface area contributed by atoms with Gasteiger partial charge in [-0.15, -0.1) is 0 Å². The number of carbonyl (C=O) groups is 1. The molecule has 4 nitrogen and oxygen atoms in total. The first-order valence-electron chi connectivity index (χ1n) is 7.29. The highest BCUT2D eigenvalue weighted by atomic mass is 35.5. The normalized spacial score (nSPS) is 24.7. The highest BCUT2D eigenvalue weighted by Crippen LogP contribution is 2.35. The molecule has 2 fully saturated rings. The van der Waals surface area contributed by atoms with Gasteiger partial charge < -0.3 is 10.0 Å². The Bertz CT molecular complexity index is 623. The molecule has 126 valence electrons. The van der Waals surface area contributed by atoms with E-state index in [2.05, 4.69) is 0 Å². The molecule has 1 aromatic rings. The molecule has 0 radical (unpaired) electrons. The maximum atomic E-state index is 13.5. The third-order valence-corrected chi connectivity index (χ3v) is 4.70. The summed E-state index contributed by atoms with van der Waals surface area (Å²) in [5.41, 5.74) is 0.264. The highest BCUT2D eigenvalue weighted by molar-refractivity contribution is 6.31. The monoisotopic (exact) mass is 348 g/mol. The minimum Gasteiger partial charge on any atom is -0.395 e. The lowest BCUT2D eigenvalue weighted by Gasteiger charge is -2.45. The Morgan fingerprint density at radius 2 is 2.09 bits per heavy atom. The van der Waals surface area contributed by atoms with E-state index >= 15 is 0 Å². The minimum absolute atomic E-state index is 0.132. The first kappa shape index (κ1) is 16.5. The number of aliphatic hydroxyl groups is 1. The molecule has 2 saturated heterocycles. The van der Waals surface area contributed by atoms with Crippen LogP contribution in [0.2, 0.25) is 5.02 Å². The van der Waals surface area contributed by atoms with Gasteiger partial charge in [-0.05, 0) is 18.2 Å². The second-order valence-corrected chi connectivity index (χ2v) is 6.47. The number of likely N-dealkylation sites (tertiary alicyclic amines) is 2. The molecule has 2 aliphatic heterocycles. The van der Waals surface area contributed by atoms with Gasteiger partial charge in [-0.25, -0.2) is 13.2 Å². The highest BCUT2D eigenvalue weighted by Gasteiger charge is 2.49. The van der Waals surface area contributed by atoms with Crippen LogP contribution >= 0.6 is 11.6 Å². The van der Waals surface area contributed by atoms with E-state index in [0.29, 0.717) is 13.1 Å². The summed E-state index contributed by atoms with van der Waals surface area (Å²) >= 11 is 5.66. The van der Waals surface area contributed by atoms with Crippen molar-refractivity contribution >= 4 is 17.5 Å². The van der Waals surface area contributed by atoms with E-state index in [-0.39, 0.29) is 35.6 Å². The molecule has 0 unspecified atom stereocenters. The summed E-state index contributed by atoms with van der Waals surface area (Å²) in [6, 6.07) is 2.95. The van der Waals surface area contributed by atoms with Gasteiger partial charge in [0.25, 0.3) is 11.8 Å². The summed E-state index contributed by atoms with van der Waals surface area (Å²) in [5.74, 6) is -3.72. The zero-order chi connectivity index (χ0) is 16.8. The van der Waals surface area contributed by atoms with Crippen LogP contribution in [0, 0.1) is 5.82 Å². The predicted octanol–water partition coefficient (Wildman–Crippen LogP) is 2.01. The number of halogens is 4. The molecular weight excluding hydrogens is 333 g/mol. The van der Waals surface area contributed by atoms with Crippen LogP contribution in [0.3, 0.4) is 0 Å². The van der Waals surface area contributed by atoms with Gasteiger partial charge in [-0.2, -0.15) is 0 Å². The lowest BCUT2D eigenvalue weighted by Crippen LogP contribution is -2.62. The maximum absolute atomic E-state index is 13.5. The number of benzene rings is 1. The van der Waals surface area contributed by atoms with Gasteiger partial charge in [-0.1, -0.05) is 11.6 Å². The summed E-state index contributed by atoms with van der Waals surface area (Å²) in [6.45, 7) is -0.109. The smallest absolute Gasteiger partial charge is 0.262 e. The van der Waals surface area contributed by atoms with Crippen LogP contribution in [0.1, 0.15) is 16.8 Å². The summed E-state index contributed by atoms with van der Waals surface area (Å²) in [6.07, 6.45) is -0.360. The molecular formula is C15H16ClF3N2O2. The predicted molar refractivity (Wildman–Crippen MR) is 78.2 cm³/mol. The summed E-state index contributed by atoms with van der Waals surface area (Å²) in [7, 11) is 0. The second kappa shape index (κ2) is 5.96. The van der Waals surface area contributed by atoms with Crippen LogP contribution < -0.4 is 0 Å². The molecule has 23 heavy (non-hydrogen) atoms. The first-order chi connectivity index (χ1) is 10.8. The number of nitrogens with zero attached hydrogens (tertiary/aromatic N) is 2. The van der Waals surface area contributed by atoms with Crippen molar-refractivity contribution in [2.75, 3.05) is 26.2 Å². The topological polar surface area (TPSA) is 43.8 Å². The van der Waals surface area contributed by atoms with Crippen LogP contribution in [-0.4, -0.2) is 65.1 Å². The Morgan fingerprint density at radius 3 is 2.70 bits per heavy atom. The van der Waals surface area contributed by atoms with E-state index in [9.17, 15) is 23.1 Å². The van der Waals surface area contributed by atoms with Gasteiger partial charge in [0.1, 0.15) is 5.82 Å². The van der Waals surface area contributed by atoms with Gasteiger partial charge in [0, 0.05) is 37.2 Å². The standard InChI is InChI=1S/C15H16ClF3N2O2/c16-12-3-9(1-2-13(12)17)14(23)20-5-11(6-20)21-8-15(18,19)4-10(21)7-22/h1-3,10-11,22H,4-8H2/t10-/m0/s1. The zero-order valence-electron chi connectivity index (χ0n) is 12.2. The van der Waals surface area contributed by atoms with Crippen molar-refractivity contribution in [1.29, 1.82) is 0 Å². The number of alkyl halides is 2. The van der Waals surface area contributed by atoms with Crippen molar-refractivity contribution in [3.8, 4) is 0 Å². The van der Waals surface area contributed by atoms with E-state index in [0.717, 1.165) is 6.07 Å². The third-order valence-electron chi connectivity index (χ3n) is 4.41. The van der Waals surface area contributed by atoms with Crippen LogP contribution in [0.25, 0.3) is 0 Å². The molecule has 1 N–H and O–H groups in total. The molecule has 0 spiro atoms. The second-order valence-electron chi connectivity index (χ2n) is 6.06. The minimum atomic E-state index is -2.80. The van der Waals surface area contributed by atoms with Gasteiger partial charge in [0.15, 0.2) is 0 Å². The van der Waals surface area contributed by atoms with Crippen molar-refractivity contribution in [3.63, 3.8) is 0 Å². The van der Waals surface area contributed by atoms with Crippen molar-refractivity contribution < 1.29 is 23.1 Å². The van der Waals surface area contributed by atoms with E-state index in [1.807, 2.05) is 0 Å². The number of carbonyl (C=O) groups excluding carboxylic acids is 1.